The van der Waals surface area contributed by atoms with E-state index in [2.05, 4.69) is 20.0 Å². The van der Waals surface area contributed by atoms with Gasteiger partial charge in [-0.25, -0.2) is 14.5 Å². The molecule has 9 nitrogen and oxygen atoms in total. The third kappa shape index (κ3) is 3.58. The van der Waals surface area contributed by atoms with E-state index in [9.17, 15) is 4.79 Å². The molecular weight excluding hydrogens is 396 g/mol. The average molecular weight is 418 g/mol. The fourth-order valence-corrected chi connectivity index (χ4v) is 3.66. The summed E-state index contributed by atoms with van der Waals surface area (Å²) >= 11 is 0. The van der Waals surface area contributed by atoms with Crippen molar-refractivity contribution in [1.82, 2.24) is 29.5 Å². The Morgan fingerprint density at radius 2 is 2.06 bits per heavy atom. The molecule has 0 spiro atoms. The number of aryl methyl sites for hydroxylation is 3. The molecular formula is C22H22N6O3. The maximum atomic E-state index is 12.8. The molecule has 1 aliphatic heterocycles. The van der Waals surface area contributed by atoms with Gasteiger partial charge in [0.1, 0.15) is 11.4 Å². The van der Waals surface area contributed by atoms with Gasteiger partial charge in [-0.2, -0.15) is 5.10 Å². The minimum atomic E-state index is -0.188. The van der Waals surface area contributed by atoms with E-state index < -0.39 is 0 Å². The Hall–Kier alpha value is -3.88. The van der Waals surface area contributed by atoms with Crippen molar-refractivity contribution in [1.29, 1.82) is 0 Å². The SMILES string of the molecule is Cc1nccn1CCCNC(=O)c1cnn2c(C)cc(-c3ccc4c(c3)OCO4)nc12. The Labute approximate surface area is 178 Å². The average Bonchev–Trinajstić information content (AvgIpc) is 3.50. The third-order valence-electron chi connectivity index (χ3n) is 5.35. The smallest absolute Gasteiger partial charge is 0.256 e. The van der Waals surface area contributed by atoms with E-state index in [1.807, 2.05) is 44.3 Å². The number of nitrogens with zero attached hydrogens (tertiary/aromatic N) is 5. The number of amides is 1. The summed E-state index contributed by atoms with van der Waals surface area (Å²) < 4.78 is 14.6. The predicted molar refractivity (Wildman–Crippen MR) is 113 cm³/mol. The van der Waals surface area contributed by atoms with Gasteiger partial charge in [-0.3, -0.25) is 4.79 Å². The van der Waals surface area contributed by atoms with Crippen molar-refractivity contribution in [3.8, 4) is 22.8 Å². The standard InChI is InChI=1S/C22H22N6O3/c1-14-10-18(16-4-5-19-20(11-16)31-13-30-19)26-21-17(12-25-28(14)21)22(29)24-6-3-8-27-9-7-23-15(27)2/h4-5,7,9-12H,3,6,8,13H2,1-2H3,(H,24,29). The van der Waals surface area contributed by atoms with Gasteiger partial charge in [-0.05, 0) is 44.5 Å². The Bertz CT molecular complexity index is 1280. The second-order valence-corrected chi connectivity index (χ2v) is 7.42. The highest BCUT2D eigenvalue weighted by Crippen LogP contribution is 2.35. The molecule has 0 bridgehead atoms. The second-order valence-electron chi connectivity index (χ2n) is 7.42. The maximum Gasteiger partial charge on any atom is 0.256 e. The summed E-state index contributed by atoms with van der Waals surface area (Å²) in [6, 6.07) is 7.63. The zero-order valence-electron chi connectivity index (χ0n) is 17.3. The first-order chi connectivity index (χ1) is 15.1. The lowest BCUT2D eigenvalue weighted by Gasteiger charge is -2.08. The molecule has 1 N–H and O–H groups in total. The lowest BCUT2D eigenvalue weighted by Crippen LogP contribution is -2.25. The largest absolute Gasteiger partial charge is 0.454 e. The van der Waals surface area contributed by atoms with Crippen LogP contribution in [0.4, 0.5) is 0 Å². The molecule has 0 atom stereocenters. The summed E-state index contributed by atoms with van der Waals surface area (Å²) in [7, 11) is 0. The maximum absolute atomic E-state index is 12.8. The Morgan fingerprint density at radius 3 is 2.90 bits per heavy atom. The van der Waals surface area contributed by atoms with Crippen molar-refractivity contribution in [3.63, 3.8) is 0 Å². The number of carbonyl (C=O) groups is 1. The molecule has 1 aliphatic rings. The number of ether oxygens (including phenoxy) is 2. The van der Waals surface area contributed by atoms with Crippen LogP contribution in [-0.4, -0.2) is 43.4 Å². The molecule has 0 fully saturated rings. The molecule has 0 saturated carbocycles. The number of nitrogens with one attached hydrogen (secondary N) is 1. The molecule has 0 saturated heterocycles. The van der Waals surface area contributed by atoms with Gasteiger partial charge in [0.25, 0.3) is 5.91 Å². The lowest BCUT2D eigenvalue weighted by molar-refractivity contribution is 0.0954. The second kappa shape index (κ2) is 7.75. The van der Waals surface area contributed by atoms with Gasteiger partial charge in [0.2, 0.25) is 6.79 Å². The monoisotopic (exact) mass is 418 g/mol. The van der Waals surface area contributed by atoms with Crippen molar-refractivity contribution >= 4 is 11.6 Å². The Balaban J connectivity index is 1.35. The van der Waals surface area contributed by atoms with Crippen molar-refractivity contribution in [2.75, 3.05) is 13.3 Å². The van der Waals surface area contributed by atoms with Crippen molar-refractivity contribution in [2.45, 2.75) is 26.8 Å². The van der Waals surface area contributed by atoms with Crippen LogP contribution < -0.4 is 14.8 Å². The van der Waals surface area contributed by atoms with Crippen molar-refractivity contribution in [3.05, 3.63) is 59.9 Å². The molecule has 1 amide bonds. The molecule has 158 valence electrons. The van der Waals surface area contributed by atoms with Gasteiger partial charge in [-0.1, -0.05) is 0 Å². The van der Waals surface area contributed by atoms with Gasteiger partial charge in [0.05, 0.1) is 11.9 Å². The number of imidazole rings is 1. The van der Waals surface area contributed by atoms with Gasteiger partial charge in [-0.15, -0.1) is 0 Å². The van der Waals surface area contributed by atoms with E-state index in [0.717, 1.165) is 41.5 Å². The van der Waals surface area contributed by atoms with Gasteiger partial charge >= 0.3 is 0 Å². The summed E-state index contributed by atoms with van der Waals surface area (Å²) in [5, 5.41) is 7.32. The first-order valence-corrected chi connectivity index (χ1v) is 10.1. The number of rotatable bonds is 6. The molecule has 1 aromatic carbocycles. The first kappa shape index (κ1) is 19.1. The number of aromatic nitrogens is 5. The number of hydrogen-bond acceptors (Lipinski definition) is 6. The zero-order chi connectivity index (χ0) is 21.4. The minimum Gasteiger partial charge on any atom is -0.454 e. The van der Waals surface area contributed by atoms with Gasteiger partial charge in [0, 0.05) is 36.7 Å². The predicted octanol–water partition coefficient (Wildman–Crippen LogP) is 2.76. The zero-order valence-corrected chi connectivity index (χ0v) is 17.3. The molecule has 4 aromatic rings. The normalized spacial score (nSPS) is 12.5. The van der Waals surface area contributed by atoms with Gasteiger partial charge in [0.15, 0.2) is 17.1 Å². The summed E-state index contributed by atoms with van der Waals surface area (Å²) in [6.07, 6.45) is 6.08. The molecule has 0 radical (unpaired) electrons. The fourth-order valence-electron chi connectivity index (χ4n) is 3.66. The van der Waals surface area contributed by atoms with Crippen LogP contribution in [-0.2, 0) is 6.54 Å². The van der Waals surface area contributed by atoms with E-state index in [0.29, 0.717) is 23.5 Å². The summed E-state index contributed by atoms with van der Waals surface area (Å²) in [6.45, 7) is 5.47. The van der Waals surface area contributed by atoms with Crippen LogP contribution in [0.1, 0.15) is 28.3 Å². The van der Waals surface area contributed by atoms with E-state index >= 15 is 0 Å². The lowest BCUT2D eigenvalue weighted by atomic mass is 10.1. The molecule has 31 heavy (non-hydrogen) atoms. The van der Waals surface area contributed by atoms with Crippen LogP contribution in [0.5, 0.6) is 11.5 Å². The first-order valence-electron chi connectivity index (χ1n) is 10.1. The Kier molecular flexibility index (Phi) is 4.78. The number of hydrogen-bond donors (Lipinski definition) is 1. The van der Waals surface area contributed by atoms with E-state index in [-0.39, 0.29) is 12.7 Å². The van der Waals surface area contributed by atoms with Crippen LogP contribution in [0.15, 0.2) is 42.9 Å². The summed E-state index contributed by atoms with van der Waals surface area (Å²) in [5.41, 5.74) is 3.49. The van der Waals surface area contributed by atoms with E-state index in [4.69, 9.17) is 14.5 Å². The minimum absolute atomic E-state index is 0.188. The topological polar surface area (TPSA) is 95.6 Å². The molecule has 9 heteroatoms. The molecule has 0 aliphatic carbocycles. The van der Waals surface area contributed by atoms with E-state index in [1.165, 1.54) is 0 Å². The van der Waals surface area contributed by atoms with Crippen LogP contribution >= 0.6 is 0 Å². The summed E-state index contributed by atoms with van der Waals surface area (Å²) in [4.78, 5) is 21.7. The molecule has 4 heterocycles. The van der Waals surface area contributed by atoms with Gasteiger partial charge < -0.3 is 19.4 Å². The molecule has 5 rings (SSSR count). The third-order valence-corrected chi connectivity index (χ3v) is 5.35. The molecule has 0 unspecified atom stereocenters. The number of fused-ring (bicyclic) bond motifs is 2. The fraction of sp³-hybridized carbons (Fsp3) is 0.273. The molecule has 3 aromatic heterocycles. The van der Waals surface area contributed by atoms with Crippen molar-refractivity contribution < 1.29 is 14.3 Å². The van der Waals surface area contributed by atoms with Crippen LogP contribution in [0.2, 0.25) is 0 Å². The van der Waals surface area contributed by atoms with Crippen molar-refractivity contribution in [2.24, 2.45) is 0 Å². The Morgan fingerprint density at radius 1 is 1.19 bits per heavy atom. The van der Waals surface area contributed by atoms with Crippen LogP contribution in [0.3, 0.4) is 0 Å². The quantitative estimate of drug-likeness (QED) is 0.484. The summed E-state index contributed by atoms with van der Waals surface area (Å²) in [5.74, 6) is 2.19. The highest BCUT2D eigenvalue weighted by molar-refractivity contribution is 5.99. The van der Waals surface area contributed by atoms with Crippen LogP contribution in [0.25, 0.3) is 16.9 Å². The number of benzene rings is 1. The van der Waals surface area contributed by atoms with Crippen LogP contribution in [0, 0.1) is 13.8 Å². The highest BCUT2D eigenvalue weighted by atomic mass is 16.7. The number of carbonyl (C=O) groups excluding carboxylic acids is 1. The highest BCUT2D eigenvalue weighted by Gasteiger charge is 2.18. The van der Waals surface area contributed by atoms with E-state index in [1.54, 1.807) is 16.9 Å².